The lowest BCUT2D eigenvalue weighted by Crippen LogP contribution is -2.39. The molecule has 1 fully saturated rings. The average Bonchev–Trinajstić information content (AvgIpc) is 2.51. The van der Waals surface area contributed by atoms with Crippen LogP contribution < -0.4 is 4.74 Å². The van der Waals surface area contributed by atoms with Gasteiger partial charge in [0.15, 0.2) is 0 Å². The van der Waals surface area contributed by atoms with Crippen LogP contribution in [-0.2, 0) is 22.1 Å². The zero-order valence-corrected chi connectivity index (χ0v) is 14.7. The topological polar surface area (TPSA) is 46.6 Å². The van der Waals surface area contributed by atoms with Crippen molar-refractivity contribution in [1.29, 1.82) is 0 Å². The highest BCUT2D eigenvalue weighted by Gasteiger charge is 2.35. The molecule has 0 atom stereocenters. The lowest BCUT2D eigenvalue weighted by atomic mass is 9.99. The predicted molar refractivity (Wildman–Crippen MR) is 85.6 cm³/mol. The van der Waals surface area contributed by atoms with Crippen molar-refractivity contribution in [3.05, 3.63) is 29.3 Å². The molecule has 0 unspecified atom stereocenters. The Labute approximate surface area is 144 Å². The van der Waals surface area contributed by atoms with E-state index in [-0.39, 0.29) is 24.2 Å². The summed E-state index contributed by atoms with van der Waals surface area (Å²) in [7, 11) is -3.22. The third-order valence-electron chi connectivity index (χ3n) is 4.02. The maximum absolute atomic E-state index is 13.1. The fourth-order valence-electron chi connectivity index (χ4n) is 2.62. The van der Waals surface area contributed by atoms with Crippen LogP contribution in [0.15, 0.2) is 18.2 Å². The number of sulfonamides is 1. The molecule has 1 aromatic carbocycles. The van der Waals surface area contributed by atoms with E-state index in [9.17, 15) is 21.6 Å². The minimum atomic E-state index is -4.52. The van der Waals surface area contributed by atoms with Crippen LogP contribution in [0.1, 0.15) is 24.0 Å². The Kier molecular flexibility index (Phi) is 6.04. The summed E-state index contributed by atoms with van der Waals surface area (Å²) in [6, 6.07) is 3.78. The predicted octanol–water partition coefficient (Wildman–Crippen LogP) is 3.49. The molecule has 0 amide bonds. The summed E-state index contributed by atoms with van der Waals surface area (Å²) in [5, 5.41) is 0. The maximum atomic E-state index is 13.1. The van der Waals surface area contributed by atoms with Crippen molar-refractivity contribution >= 4 is 21.6 Å². The first-order valence-corrected chi connectivity index (χ1v) is 9.83. The zero-order chi connectivity index (χ0) is 18.0. The third-order valence-corrected chi connectivity index (χ3v) is 5.63. The van der Waals surface area contributed by atoms with E-state index >= 15 is 0 Å². The van der Waals surface area contributed by atoms with Crippen molar-refractivity contribution < 1.29 is 26.3 Å². The van der Waals surface area contributed by atoms with Gasteiger partial charge in [-0.05, 0) is 36.5 Å². The quantitative estimate of drug-likeness (QED) is 0.729. The van der Waals surface area contributed by atoms with Crippen LogP contribution in [0.3, 0.4) is 0 Å². The van der Waals surface area contributed by atoms with Gasteiger partial charge in [-0.1, -0.05) is 6.07 Å². The highest BCUT2D eigenvalue weighted by atomic mass is 35.5. The van der Waals surface area contributed by atoms with E-state index in [1.54, 1.807) is 0 Å². The molecule has 1 aliphatic rings. The molecule has 1 heterocycles. The maximum Gasteiger partial charge on any atom is 0.419 e. The monoisotopic (exact) mass is 385 g/mol. The molecule has 0 radical (unpaired) electrons. The highest BCUT2D eigenvalue weighted by Crippen LogP contribution is 2.37. The summed E-state index contributed by atoms with van der Waals surface area (Å²) in [5.41, 5.74) is -0.466. The van der Waals surface area contributed by atoms with Crippen LogP contribution in [-0.4, -0.2) is 38.7 Å². The molecule has 0 aromatic heterocycles. The van der Waals surface area contributed by atoms with E-state index in [0.717, 1.165) is 12.3 Å². The zero-order valence-electron chi connectivity index (χ0n) is 13.1. The molecule has 9 heteroatoms. The number of piperidine rings is 1. The Morgan fingerprint density at radius 2 is 1.92 bits per heavy atom. The molecular formula is C15H19ClF3NO3S. The van der Waals surface area contributed by atoms with Crippen LogP contribution in [0, 0.1) is 5.92 Å². The van der Waals surface area contributed by atoms with Gasteiger partial charge in [0.25, 0.3) is 0 Å². The van der Waals surface area contributed by atoms with Gasteiger partial charge in [0.05, 0.1) is 18.4 Å². The second kappa shape index (κ2) is 7.49. The summed E-state index contributed by atoms with van der Waals surface area (Å²) in [5.74, 6) is -0.202. The fraction of sp³-hybridized carbons (Fsp3) is 0.600. The first-order valence-electron chi connectivity index (χ1n) is 7.45. The van der Waals surface area contributed by atoms with Crippen molar-refractivity contribution in [2.45, 2.75) is 24.9 Å². The van der Waals surface area contributed by atoms with Gasteiger partial charge in [0.2, 0.25) is 10.0 Å². The van der Waals surface area contributed by atoms with Crippen LogP contribution in [0.5, 0.6) is 5.75 Å². The van der Waals surface area contributed by atoms with Crippen molar-refractivity contribution in [3.8, 4) is 5.75 Å². The molecule has 1 aromatic rings. The standard InChI is InChI=1S/C15H19ClF3NO3S/c1-24(21,22)20-6-4-11(5-7-20)10-23-14-3-2-12(9-16)8-13(14)15(17,18)19/h2-3,8,11H,4-7,9-10H2,1H3. The smallest absolute Gasteiger partial charge is 0.419 e. The number of alkyl halides is 4. The number of rotatable bonds is 5. The lowest BCUT2D eigenvalue weighted by Gasteiger charge is -2.30. The summed E-state index contributed by atoms with van der Waals surface area (Å²) >= 11 is 5.59. The van der Waals surface area contributed by atoms with Gasteiger partial charge in [0.1, 0.15) is 5.75 Å². The molecule has 1 aliphatic heterocycles. The largest absolute Gasteiger partial charge is 0.493 e. The van der Waals surface area contributed by atoms with E-state index in [2.05, 4.69) is 0 Å². The van der Waals surface area contributed by atoms with Gasteiger partial charge in [0, 0.05) is 19.0 Å². The normalized spacial score (nSPS) is 17.9. The Morgan fingerprint density at radius 3 is 2.42 bits per heavy atom. The van der Waals surface area contributed by atoms with Gasteiger partial charge in [-0.15, -0.1) is 11.6 Å². The van der Waals surface area contributed by atoms with E-state index in [4.69, 9.17) is 16.3 Å². The molecule has 1 saturated heterocycles. The highest BCUT2D eigenvalue weighted by molar-refractivity contribution is 7.88. The van der Waals surface area contributed by atoms with E-state index in [1.165, 1.54) is 16.4 Å². The Bertz CT molecular complexity index is 671. The molecule has 0 N–H and O–H groups in total. The number of nitrogens with zero attached hydrogens (tertiary/aromatic N) is 1. The lowest BCUT2D eigenvalue weighted by molar-refractivity contribution is -0.139. The summed E-state index contributed by atoms with van der Waals surface area (Å²) < 4.78 is 69.0. The van der Waals surface area contributed by atoms with Gasteiger partial charge in [-0.3, -0.25) is 0 Å². The van der Waals surface area contributed by atoms with Crippen LogP contribution in [0.4, 0.5) is 13.2 Å². The average molecular weight is 386 g/mol. The molecule has 2 rings (SSSR count). The van der Waals surface area contributed by atoms with Crippen molar-refractivity contribution in [2.24, 2.45) is 5.92 Å². The summed E-state index contributed by atoms with van der Waals surface area (Å²) in [6.07, 6.45) is -2.24. The molecule has 0 spiro atoms. The first kappa shape index (κ1) is 19.3. The Morgan fingerprint density at radius 1 is 1.29 bits per heavy atom. The van der Waals surface area contributed by atoms with Gasteiger partial charge >= 0.3 is 6.18 Å². The molecular weight excluding hydrogens is 367 g/mol. The summed E-state index contributed by atoms with van der Waals surface area (Å²) in [6.45, 7) is 0.856. The molecule has 24 heavy (non-hydrogen) atoms. The van der Waals surface area contributed by atoms with Gasteiger partial charge in [-0.2, -0.15) is 13.2 Å². The Balaban J connectivity index is 2.00. The third kappa shape index (κ3) is 5.00. The van der Waals surface area contributed by atoms with Crippen LogP contribution >= 0.6 is 11.6 Å². The summed E-state index contributed by atoms with van der Waals surface area (Å²) in [4.78, 5) is 0. The molecule has 0 bridgehead atoms. The minimum Gasteiger partial charge on any atom is -0.493 e. The van der Waals surface area contributed by atoms with Gasteiger partial charge in [-0.25, -0.2) is 12.7 Å². The molecule has 136 valence electrons. The number of benzene rings is 1. The van der Waals surface area contributed by atoms with Gasteiger partial charge < -0.3 is 4.74 Å². The van der Waals surface area contributed by atoms with E-state index in [1.807, 2.05) is 0 Å². The first-order chi connectivity index (χ1) is 11.1. The van der Waals surface area contributed by atoms with Crippen LogP contribution in [0.2, 0.25) is 0 Å². The van der Waals surface area contributed by atoms with Crippen molar-refractivity contribution in [2.75, 3.05) is 26.0 Å². The van der Waals surface area contributed by atoms with Crippen molar-refractivity contribution in [1.82, 2.24) is 4.31 Å². The molecule has 4 nitrogen and oxygen atoms in total. The molecule has 0 aliphatic carbocycles. The number of hydrogen-bond acceptors (Lipinski definition) is 3. The second-order valence-electron chi connectivity index (χ2n) is 5.88. The van der Waals surface area contributed by atoms with E-state index in [0.29, 0.717) is 31.5 Å². The minimum absolute atomic E-state index is 0.00664. The van der Waals surface area contributed by atoms with Crippen LogP contribution in [0.25, 0.3) is 0 Å². The van der Waals surface area contributed by atoms with E-state index < -0.39 is 21.8 Å². The number of ether oxygens (including phenoxy) is 1. The number of hydrogen-bond donors (Lipinski definition) is 0. The number of halogens is 4. The fourth-order valence-corrected chi connectivity index (χ4v) is 3.66. The second-order valence-corrected chi connectivity index (χ2v) is 8.13. The molecule has 0 saturated carbocycles. The van der Waals surface area contributed by atoms with Crippen molar-refractivity contribution in [3.63, 3.8) is 0 Å². The SMILES string of the molecule is CS(=O)(=O)N1CCC(COc2ccc(CCl)cc2C(F)(F)F)CC1. The Hall–Kier alpha value is -0.990.